The normalized spacial score (nSPS) is 33.1. The summed E-state index contributed by atoms with van der Waals surface area (Å²) in [5.41, 5.74) is -1.12. The van der Waals surface area contributed by atoms with Crippen molar-refractivity contribution in [1.82, 2.24) is 0 Å². The molecule has 0 N–H and O–H groups in total. The molecule has 1 fully saturated rings. The van der Waals surface area contributed by atoms with E-state index in [2.05, 4.69) is 0 Å². The number of ether oxygens (including phenoxy) is 4. The van der Waals surface area contributed by atoms with Gasteiger partial charge in [0.05, 0.1) is 12.5 Å². The first-order chi connectivity index (χ1) is 9.14. The molecule has 0 aromatic rings. The van der Waals surface area contributed by atoms with Gasteiger partial charge in [-0.2, -0.15) is 0 Å². The molecular formula is C13H20O7. The van der Waals surface area contributed by atoms with E-state index in [9.17, 15) is 14.4 Å². The average molecular weight is 288 g/mol. The highest BCUT2D eigenvalue weighted by molar-refractivity contribution is 5.68. The predicted molar refractivity (Wildman–Crippen MR) is 66.4 cm³/mol. The predicted octanol–water partition coefficient (Wildman–Crippen LogP) is 0.938. The van der Waals surface area contributed by atoms with E-state index in [4.69, 9.17) is 18.9 Å². The van der Waals surface area contributed by atoms with Gasteiger partial charge in [-0.15, -0.1) is 0 Å². The second kappa shape index (κ2) is 6.21. The lowest BCUT2D eigenvalue weighted by atomic mass is 9.88. The van der Waals surface area contributed by atoms with Crippen molar-refractivity contribution < 1.29 is 33.3 Å². The van der Waals surface area contributed by atoms with Crippen LogP contribution >= 0.6 is 0 Å². The summed E-state index contributed by atoms with van der Waals surface area (Å²) >= 11 is 0. The van der Waals surface area contributed by atoms with Crippen molar-refractivity contribution >= 4 is 17.9 Å². The summed E-state index contributed by atoms with van der Waals surface area (Å²) in [6.07, 6.45) is -2.11. The number of rotatable bonds is 3. The Morgan fingerprint density at radius 3 is 2.05 bits per heavy atom. The lowest BCUT2D eigenvalue weighted by Gasteiger charge is -2.45. The van der Waals surface area contributed by atoms with Gasteiger partial charge in [-0.05, 0) is 13.8 Å². The van der Waals surface area contributed by atoms with Crippen LogP contribution < -0.4 is 0 Å². The molecule has 0 saturated carbocycles. The highest BCUT2D eigenvalue weighted by Gasteiger charge is 2.51. The fraction of sp³-hybridized carbons (Fsp3) is 0.769. The van der Waals surface area contributed by atoms with E-state index in [-0.39, 0.29) is 6.42 Å². The number of hydrogen-bond acceptors (Lipinski definition) is 7. The summed E-state index contributed by atoms with van der Waals surface area (Å²) in [4.78, 5) is 33.5. The van der Waals surface area contributed by atoms with Crippen molar-refractivity contribution in [2.24, 2.45) is 0 Å². The standard InChI is InChI=1S/C13H20O7/c1-7-12(19-9(3)15)13(5,20-10(4)16)6-11(17-7)18-8(2)14/h7,11-12H,6H2,1-5H3. The lowest BCUT2D eigenvalue weighted by Crippen LogP contribution is -2.58. The minimum Gasteiger partial charge on any atom is -0.456 e. The molecule has 0 amide bonds. The van der Waals surface area contributed by atoms with E-state index < -0.39 is 42.0 Å². The van der Waals surface area contributed by atoms with Crippen molar-refractivity contribution in [3.8, 4) is 0 Å². The van der Waals surface area contributed by atoms with Gasteiger partial charge in [0.2, 0.25) is 6.29 Å². The van der Waals surface area contributed by atoms with E-state index in [0.29, 0.717) is 0 Å². The molecule has 1 aliphatic rings. The van der Waals surface area contributed by atoms with Gasteiger partial charge < -0.3 is 18.9 Å². The molecule has 1 saturated heterocycles. The molecule has 0 bridgehead atoms. The molecule has 4 atom stereocenters. The van der Waals surface area contributed by atoms with Crippen LogP contribution in [0.4, 0.5) is 0 Å². The van der Waals surface area contributed by atoms with Crippen LogP contribution in [0, 0.1) is 0 Å². The molecule has 114 valence electrons. The Balaban J connectivity index is 2.96. The third-order valence-electron chi connectivity index (χ3n) is 2.93. The fourth-order valence-corrected chi connectivity index (χ4v) is 2.38. The smallest absolute Gasteiger partial charge is 0.304 e. The molecule has 1 rings (SSSR count). The first kappa shape index (κ1) is 16.4. The summed E-state index contributed by atoms with van der Waals surface area (Å²) in [5.74, 6) is -1.52. The summed E-state index contributed by atoms with van der Waals surface area (Å²) in [5, 5.41) is 0. The second-order valence-electron chi connectivity index (χ2n) is 5.02. The Morgan fingerprint density at radius 2 is 1.60 bits per heavy atom. The third-order valence-corrected chi connectivity index (χ3v) is 2.93. The van der Waals surface area contributed by atoms with Crippen molar-refractivity contribution in [2.75, 3.05) is 0 Å². The van der Waals surface area contributed by atoms with Gasteiger partial charge in [-0.1, -0.05) is 0 Å². The van der Waals surface area contributed by atoms with Gasteiger partial charge in [0.15, 0.2) is 11.7 Å². The molecule has 0 spiro atoms. The molecule has 20 heavy (non-hydrogen) atoms. The van der Waals surface area contributed by atoms with Gasteiger partial charge in [-0.3, -0.25) is 14.4 Å². The summed E-state index contributed by atoms with van der Waals surface area (Å²) < 4.78 is 21.0. The average Bonchev–Trinajstić information content (AvgIpc) is 2.20. The molecule has 0 aromatic heterocycles. The summed E-state index contributed by atoms with van der Waals surface area (Å²) in [7, 11) is 0. The largest absolute Gasteiger partial charge is 0.456 e. The highest BCUT2D eigenvalue weighted by Crippen LogP contribution is 2.35. The third kappa shape index (κ3) is 4.19. The van der Waals surface area contributed by atoms with E-state index in [1.54, 1.807) is 13.8 Å². The minimum absolute atomic E-state index is 0.0917. The SMILES string of the molecule is CC(=O)OC1CC(C)(OC(C)=O)C(OC(C)=O)C(C)O1. The second-order valence-corrected chi connectivity index (χ2v) is 5.02. The molecule has 0 radical (unpaired) electrons. The van der Waals surface area contributed by atoms with Gasteiger partial charge in [0.1, 0.15) is 0 Å². The van der Waals surface area contributed by atoms with Crippen LogP contribution in [-0.4, -0.2) is 42.0 Å². The van der Waals surface area contributed by atoms with E-state index in [0.717, 1.165) is 0 Å². The van der Waals surface area contributed by atoms with Crippen LogP contribution in [0.2, 0.25) is 0 Å². The molecule has 0 aromatic carbocycles. The summed E-state index contributed by atoms with van der Waals surface area (Å²) in [6, 6.07) is 0. The molecule has 1 heterocycles. The Kier molecular flexibility index (Phi) is 5.10. The van der Waals surface area contributed by atoms with E-state index >= 15 is 0 Å². The van der Waals surface area contributed by atoms with Gasteiger partial charge in [0.25, 0.3) is 0 Å². The van der Waals surface area contributed by atoms with Crippen LogP contribution in [0.5, 0.6) is 0 Å². The van der Waals surface area contributed by atoms with Crippen LogP contribution in [0.1, 0.15) is 41.0 Å². The van der Waals surface area contributed by atoms with Gasteiger partial charge >= 0.3 is 17.9 Å². The first-order valence-electron chi connectivity index (χ1n) is 6.33. The Bertz CT molecular complexity index is 406. The molecule has 7 nitrogen and oxygen atoms in total. The number of carbonyl (C=O) groups excluding carboxylic acids is 3. The Morgan fingerprint density at radius 1 is 1.05 bits per heavy atom. The van der Waals surface area contributed by atoms with Crippen molar-refractivity contribution in [3.63, 3.8) is 0 Å². The zero-order valence-electron chi connectivity index (χ0n) is 12.3. The van der Waals surface area contributed by atoms with E-state index in [1.807, 2.05) is 0 Å². The Labute approximate surface area is 117 Å². The molecular weight excluding hydrogens is 268 g/mol. The number of carbonyl (C=O) groups is 3. The van der Waals surface area contributed by atoms with Gasteiger partial charge in [-0.25, -0.2) is 0 Å². The van der Waals surface area contributed by atoms with Crippen LogP contribution in [0.25, 0.3) is 0 Å². The zero-order valence-corrected chi connectivity index (χ0v) is 12.3. The number of esters is 3. The fourth-order valence-electron chi connectivity index (χ4n) is 2.38. The highest BCUT2D eigenvalue weighted by atomic mass is 16.7. The first-order valence-corrected chi connectivity index (χ1v) is 6.33. The number of hydrogen-bond donors (Lipinski definition) is 0. The van der Waals surface area contributed by atoms with Crippen LogP contribution in [0.15, 0.2) is 0 Å². The van der Waals surface area contributed by atoms with Crippen molar-refractivity contribution in [1.29, 1.82) is 0 Å². The molecule has 1 aliphatic heterocycles. The maximum absolute atomic E-state index is 11.3. The van der Waals surface area contributed by atoms with Gasteiger partial charge in [0, 0.05) is 20.8 Å². The lowest BCUT2D eigenvalue weighted by molar-refractivity contribution is -0.273. The molecule has 0 aliphatic carbocycles. The topological polar surface area (TPSA) is 88.1 Å². The monoisotopic (exact) mass is 288 g/mol. The minimum atomic E-state index is -1.12. The van der Waals surface area contributed by atoms with Crippen molar-refractivity contribution in [3.05, 3.63) is 0 Å². The van der Waals surface area contributed by atoms with Crippen molar-refractivity contribution in [2.45, 2.75) is 65.1 Å². The zero-order chi connectivity index (χ0) is 15.5. The van der Waals surface area contributed by atoms with E-state index in [1.165, 1.54) is 20.8 Å². The maximum atomic E-state index is 11.3. The molecule has 4 unspecified atom stereocenters. The quantitative estimate of drug-likeness (QED) is 0.564. The molecule has 7 heteroatoms. The van der Waals surface area contributed by atoms with Crippen LogP contribution in [-0.2, 0) is 33.3 Å². The van der Waals surface area contributed by atoms with Crippen LogP contribution in [0.3, 0.4) is 0 Å². The summed E-state index contributed by atoms with van der Waals surface area (Å²) in [6.45, 7) is 7.06. The Hall–Kier alpha value is -1.63. The maximum Gasteiger partial charge on any atom is 0.304 e.